The number of amides is 1. The van der Waals surface area contributed by atoms with Crippen LogP contribution < -0.4 is 19.5 Å². The zero-order valence-electron chi connectivity index (χ0n) is 14.9. The minimum Gasteiger partial charge on any atom is -0.490 e. The van der Waals surface area contributed by atoms with Crippen molar-refractivity contribution in [3.8, 4) is 17.2 Å². The highest BCUT2D eigenvalue weighted by molar-refractivity contribution is 14.1. The normalized spacial score (nSPS) is 10.3. The molecule has 0 aromatic heterocycles. The minimum atomic E-state index is -0.494. The smallest absolute Gasteiger partial charge is 0.256 e. The molecular formula is C19H21FINO4. The highest BCUT2D eigenvalue weighted by atomic mass is 127. The molecule has 0 aliphatic heterocycles. The van der Waals surface area contributed by atoms with E-state index in [1.807, 2.05) is 43.4 Å². The van der Waals surface area contributed by atoms with Gasteiger partial charge in [0.1, 0.15) is 5.82 Å². The number of nitrogens with one attached hydrogen (secondary N) is 1. The zero-order valence-corrected chi connectivity index (χ0v) is 17.1. The Morgan fingerprint density at radius 2 is 1.58 bits per heavy atom. The first-order valence-corrected chi connectivity index (χ1v) is 9.40. The van der Waals surface area contributed by atoms with Gasteiger partial charge in [0.05, 0.1) is 25.5 Å². The van der Waals surface area contributed by atoms with Crippen molar-refractivity contribution in [1.29, 1.82) is 0 Å². The molecule has 0 radical (unpaired) electrons. The predicted octanol–water partition coefficient (Wildman–Crippen LogP) is 4.88. The standard InChI is InChI=1S/C19H21FINO4/c1-4-24-16-9-12(10-17(25-5-2)18(16)26-6-3)19(23)22-15-8-7-13(21)11-14(15)20/h7-11H,4-6H2,1-3H3,(H,22,23). The van der Waals surface area contributed by atoms with E-state index in [1.54, 1.807) is 18.2 Å². The number of benzene rings is 2. The lowest BCUT2D eigenvalue weighted by Crippen LogP contribution is -2.14. The Morgan fingerprint density at radius 1 is 1.00 bits per heavy atom. The maximum absolute atomic E-state index is 14.0. The summed E-state index contributed by atoms with van der Waals surface area (Å²) in [5.74, 6) is 0.316. The second kappa shape index (κ2) is 9.61. The molecule has 0 heterocycles. The van der Waals surface area contributed by atoms with Gasteiger partial charge in [0.2, 0.25) is 5.75 Å². The number of rotatable bonds is 8. The molecule has 0 fully saturated rings. The summed E-state index contributed by atoms with van der Waals surface area (Å²) in [5, 5.41) is 2.57. The van der Waals surface area contributed by atoms with E-state index in [0.717, 1.165) is 3.57 Å². The van der Waals surface area contributed by atoms with Gasteiger partial charge in [-0.1, -0.05) is 0 Å². The molecule has 0 unspecified atom stereocenters. The van der Waals surface area contributed by atoms with Gasteiger partial charge >= 0.3 is 0 Å². The van der Waals surface area contributed by atoms with Crippen molar-refractivity contribution in [3.05, 3.63) is 45.3 Å². The van der Waals surface area contributed by atoms with E-state index in [4.69, 9.17) is 14.2 Å². The van der Waals surface area contributed by atoms with Crippen molar-refractivity contribution < 1.29 is 23.4 Å². The van der Waals surface area contributed by atoms with Crippen LogP contribution in [0.25, 0.3) is 0 Å². The predicted molar refractivity (Wildman–Crippen MR) is 107 cm³/mol. The summed E-state index contributed by atoms with van der Waals surface area (Å²) >= 11 is 2.01. The first kappa shape index (κ1) is 20.3. The van der Waals surface area contributed by atoms with Crippen molar-refractivity contribution in [2.45, 2.75) is 20.8 Å². The highest BCUT2D eigenvalue weighted by Gasteiger charge is 2.19. The molecular weight excluding hydrogens is 452 g/mol. The molecule has 26 heavy (non-hydrogen) atoms. The van der Waals surface area contributed by atoms with E-state index in [9.17, 15) is 9.18 Å². The number of hydrogen-bond acceptors (Lipinski definition) is 4. The van der Waals surface area contributed by atoms with Crippen molar-refractivity contribution in [1.82, 2.24) is 0 Å². The Balaban J connectivity index is 2.38. The second-order valence-electron chi connectivity index (χ2n) is 5.18. The third-order valence-corrected chi connectivity index (χ3v) is 4.02. The molecule has 1 N–H and O–H groups in total. The average Bonchev–Trinajstić information content (AvgIpc) is 2.60. The Kier molecular flexibility index (Phi) is 7.50. The Labute approximate surface area is 166 Å². The number of ether oxygens (including phenoxy) is 3. The molecule has 140 valence electrons. The molecule has 0 aliphatic rings. The summed E-state index contributed by atoms with van der Waals surface area (Å²) in [4.78, 5) is 12.6. The highest BCUT2D eigenvalue weighted by Crippen LogP contribution is 2.39. The van der Waals surface area contributed by atoms with Gasteiger partial charge in [-0.3, -0.25) is 4.79 Å². The lowest BCUT2D eigenvalue weighted by atomic mass is 10.1. The third kappa shape index (κ3) is 5.00. The van der Waals surface area contributed by atoms with E-state index in [1.165, 1.54) is 12.1 Å². The molecule has 0 bridgehead atoms. The second-order valence-corrected chi connectivity index (χ2v) is 6.42. The number of anilines is 1. The lowest BCUT2D eigenvalue weighted by molar-refractivity contribution is 0.102. The molecule has 7 heteroatoms. The molecule has 0 saturated heterocycles. The Hall–Kier alpha value is -2.03. The molecule has 1 amide bonds. The molecule has 0 spiro atoms. The summed E-state index contributed by atoms with van der Waals surface area (Å²) in [7, 11) is 0. The van der Waals surface area contributed by atoms with Crippen molar-refractivity contribution in [3.63, 3.8) is 0 Å². The van der Waals surface area contributed by atoms with Crippen LogP contribution in [0.1, 0.15) is 31.1 Å². The molecule has 2 aromatic rings. The summed E-state index contributed by atoms with van der Waals surface area (Å²) < 4.78 is 31.6. The molecule has 2 rings (SSSR count). The van der Waals surface area contributed by atoms with Crippen LogP contribution in [-0.2, 0) is 0 Å². The van der Waals surface area contributed by atoms with E-state index >= 15 is 0 Å². The van der Waals surface area contributed by atoms with Crippen LogP contribution in [0, 0.1) is 9.39 Å². The summed E-state index contributed by atoms with van der Waals surface area (Å²) in [6, 6.07) is 7.73. The Bertz CT molecular complexity index is 755. The summed E-state index contributed by atoms with van der Waals surface area (Å²) in [5.41, 5.74) is 0.401. The van der Waals surface area contributed by atoms with Crippen LogP contribution >= 0.6 is 22.6 Å². The first-order chi connectivity index (χ1) is 12.5. The van der Waals surface area contributed by atoms with Crippen LogP contribution in [0.2, 0.25) is 0 Å². The quantitative estimate of drug-likeness (QED) is 0.556. The number of carbonyl (C=O) groups is 1. The van der Waals surface area contributed by atoms with Gasteiger partial charge in [-0.05, 0) is 73.7 Å². The molecule has 0 atom stereocenters. The maximum atomic E-state index is 14.0. The molecule has 0 saturated carbocycles. The summed E-state index contributed by atoms with van der Waals surface area (Å²) in [6.07, 6.45) is 0. The van der Waals surface area contributed by atoms with Crippen molar-refractivity contribution in [2.24, 2.45) is 0 Å². The van der Waals surface area contributed by atoms with E-state index in [2.05, 4.69) is 5.32 Å². The number of halogens is 2. The lowest BCUT2D eigenvalue weighted by Gasteiger charge is -2.17. The number of hydrogen-bond donors (Lipinski definition) is 1. The molecule has 2 aromatic carbocycles. The average molecular weight is 473 g/mol. The van der Waals surface area contributed by atoms with Gasteiger partial charge in [-0.25, -0.2) is 4.39 Å². The van der Waals surface area contributed by atoms with Crippen LogP contribution in [0.5, 0.6) is 17.2 Å². The van der Waals surface area contributed by atoms with E-state index < -0.39 is 11.7 Å². The third-order valence-electron chi connectivity index (χ3n) is 3.35. The number of carbonyl (C=O) groups excluding carboxylic acids is 1. The van der Waals surface area contributed by atoms with Crippen LogP contribution in [-0.4, -0.2) is 25.7 Å². The fourth-order valence-corrected chi connectivity index (χ4v) is 2.76. The van der Waals surface area contributed by atoms with Gasteiger partial charge in [0, 0.05) is 9.13 Å². The zero-order chi connectivity index (χ0) is 19.1. The summed E-state index contributed by atoms with van der Waals surface area (Å²) in [6.45, 7) is 6.77. The van der Waals surface area contributed by atoms with Crippen LogP contribution in [0.15, 0.2) is 30.3 Å². The topological polar surface area (TPSA) is 56.8 Å². The van der Waals surface area contributed by atoms with Crippen LogP contribution in [0.3, 0.4) is 0 Å². The SMILES string of the molecule is CCOc1cc(C(=O)Nc2ccc(I)cc2F)cc(OCC)c1OCC. The Morgan fingerprint density at radius 3 is 2.08 bits per heavy atom. The van der Waals surface area contributed by atoms with Gasteiger partial charge in [-0.2, -0.15) is 0 Å². The largest absolute Gasteiger partial charge is 0.490 e. The molecule has 5 nitrogen and oxygen atoms in total. The minimum absolute atomic E-state index is 0.111. The fourth-order valence-electron chi connectivity index (χ4n) is 2.31. The molecule has 0 aliphatic carbocycles. The van der Waals surface area contributed by atoms with E-state index in [-0.39, 0.29) is 5.69 Å². The van der Waals surface area contributed by atoms with E-state index in [0.29, 0.717) is 42.6 Å². The van der Waals surface area contributed by atoms with Crippen molar-refractivity contribution >= 4 is 34.2 Å². The first-order valence-electron chi connectivity index (χ1n) is 8.32. The van der Waals surface area contributed by atoms with Gasteiger partial charge < -0.3 is 19.5 Å². The maximum Gasteiger partial charge on any atom is 0.256 e. The van der Waals surface area contributed by atoms with Crippen molar-refractivity contribution in [2.75, 3.05) is 25.1 Å². The van der Waals surface area contributed by atoms with Gasteiger partial charge in [0.15, 0.2) is 11.5 Å². The van der Waals surface area contributed by atoms with Crippen LogP contribution in [0.4, 0.5) is 10.1 Å². The van der Waals surface area contributed by atoms with Gasteiger partial charge in [0.25, 0.3) is 5.91 Å². The monoisotopic (exact) mass is 473 g/mol. The van der Waals surface area contributed by atoms with Gasteiger partial charge in [-0.15, -0.1) is 0 Å². The fraction of sp³-hybridized carbons (Fsp3) is 0.316.